The van der Waals surface area contributed by atoms with Crippen LogP contribution in [0.5, 0.6) is 0 Å². The Hall–Kier alpha value is -3.19. The predicted molar refractivity (Wildman–Crippen MR) is 123 cm³/mol. The number of amides is 3. The lowest BCUT2D eigenvalue weighted by atomic mass is 10.0. The lowest BCUT2D eigenvalue weighted by Crippen LogP contribution is -2.56. The Morgan fingerprint density at radius 1 is 0.938 bits per heavy atom. The van der Waals surface area contributed by atoms with Crippen molar-refractivity contribution in [1.29, 1.82) is 0 Å². The summed E-state index contributed by atoms with van der Waals surface area (Å²) in [6.45, 7) is 4.28. The van der Waals surface area contributed by atoms with Crippen molar-refractivity contribution in [2.75, 3.05) is 39.3 Å². The van der Waals surface area contributed by atoms with Gasteiger partial charge in [0, 0.05) is 45.8 Å². The quantitative estimate of drug-likeness (QED) is 0.703. The van der Waals surface area contributed by atoms with Gasteiger partial charge >= 0.3 is 0 Å². The monoisotopic (exact) mass is 434 g/mol. The van der Waals surface area contributed by atoms with Crippen molar-refractivity contribution in [2.45, 2.75) is 25.4 Å². The molecule has 168 valence electrons. The highest BCUT2D eigenvalue weighted by molar-refractivity contribution is 5.89. The molecule has 2 aliphatic heterocycles. The molecule has 0 aliphatic carbocycles. The molecule has 3 amide bonds. The van der Waals surface area contributed by atoms with E-state index in [1.54, 1.807) is 9.80 Å². The zero-order valence-electron chi connectivity index (χ0n) is 18.3. The van der Waals surface area contributed by atoms with Gasteiger partial charge in [-0.1, -0.05) is 54.6 Å². The van der Waals surface area contributed by atoms with E-state index in [-0.39, 0.29) is 18.2 Å². The molecule has 0 bridgehead atoms. The Bertz CT molecular complexity index is 932. The van der Waals surface area contributed by atoms with Crippen molar-refractivity contribution in [1.82, 2.24) is 20.0 Å². The summed E-state index contributed by atoms with van der Waals surface area (Å²) in [5.41, 5.74) is 3.45. The second-order valence-electron chi connectivity index (χ2n) is 8.42. The highest BCUT2D eigenvalue weighted by atomic mass is 16.2. The Balaban J connectivity index is 1.40. The van der Waals surface area contributed by atoms with Gasteiger partial charge in [-0.05, 0) is 23.1 Å². The summed E-state index contributed by atoms with van der Waals surface area (Å²) in [5.74, 6) is -0.112. The van der Waals surface area contributed by atoms with Gasteiger partial charge in [0.05, 0.1) is 12.5 Å². The van der Waals surface area contributed by atoms with Gasteiger partial charge in [-0.2, -0.15) is 0 Å². The smallest absolute Gasteiger partial charge is 0.237 e. The maximum atomic E-state index is 13.0. The molecule has 0 spiro atoms. The third-order valence-corrected chi connectivity index (χ3v) is 6.29. The fourth-order valence-electron chi connectivity index (χ4n) is 4.43. The van der Waals surface area contributed by atoms with E-state index in [4.69, 9.17) is 0 Å². The van der Waals surface area contributed by atoms with E-state index in [1.165, 1.54) is 5.56 Å². The van der Waals surface area contributed by atoms with Crippen molar-refractivity contribution in [3.05, 3.63) is 60.2 Å². The summed E-state index contributed by atoms with van der Waals surface area (Å²) in [5, 5.41) is 2.91. The van der Waals surface area contributed by atoms with E-state index in [9.17, 15) is 14.4 Å². The first-order valence-electron chi connectivity index (χ1n) is 11.3. The van der Waals surface area contributed by atoms with Crippen LogP contribution >= 0.6 is 0 Å². The first-order chi connectivity index (χ1) is 15.6. The third kappa shape index (κ3) is 5.34. The van der Waals surface area contributed by atoms with Crippen LogP contribution in [0.25, 0.3) is 11.1 Å². The molecule has 0 radical (unpaired) electrons. The maximum absolute atomic E-state index is 13.0. The topological polar surface area (TPSA) is 73.0 Å². The summed E-state index contributed by atoms with van der Waals surface area (Å²) >= 11 is 0. The molecule has 2 aromatic rings. The first kappa shape index (κ1) is 22.0. The van der Waals surface area contributed by atoms with Gasteiger partial charge in [0.1, 0.15) is 0 Å². The molecule has 1 unspecified atom stereocenters. The zero-order valence-corrected chi connectivity index (χ0v) is 18.3. The Kier molecular flexibility index (Phi) is 7.17. The summed E-state index contributed by atoms with van der Waals surface area (Å²) in [6, 6.07) is 18.1. The van der Waals surface area contributed by atoms with E-state index in [0.29, 0.717) is 45.8 Å². The second-order valence-corrected chi connectivity index (χ2v) is 8.42. The van der Waals surface area contributed by atoms with E-state index >= 15 is 0 Å². The fourth-order valence-corrected chi connectivity index (χ4v) is 4.43. The Labute approximate surface area is 189 Å². The van der Waals surface area contributed by atoms with Crippen molar-refractivity contribution >= 4 is 18.2 Å². The SMILES string of the molecule is O=CN1CCCN(C(=O)CC2C(=O)NCCN2Cc2ccc(-c3ccccc3)cc2)CC1. The van der Waals surface area contributed by atoms with Crippen LogP contribution in [-0.2, 0) is 20.9 Å². The predicted octanol–water partition coefficient (Wildman–Crippen LogP) is 1.73. The normalized spacial score (nSPS) is 19.9. The molecular formula is C25H30N4O3. The molecule has 0 saturated carbocycles. The number of hydrogen-bond acceptors (Lipinski definition) is 4. The number of carbonyl (C=O) groups excluding carboxylic acids is 3. The van der Waals surface area contributed by atoms with Crippen LogP contribution in [0.15, 0.2) is 54.6 Å². The Morgan fingerprint density at radius 3 is 2.44 bits per heavy atom. The van der Waals surface area contributed by atoms with Gasteiger partial charge < -0.3 is 15.1 Å². The number of piperazine rings is 1. The van der Waals surface area contributed by atoms with Crippen LogP contribution < -0.4 is 5.32 Å². The number of benzene rings is 2. The molecular weight excluding hydrogens is 404 g/mol. The first-order valence-corrected chi connectivity index (χ1v) is 11.3. The molecule has 2 aromatic carbocycles. The van der Waals surface area contributed by atoms with Crippen molar-refractivity contribution in [3.63, 3.8) is 0 Å². The van der Waals surface area contributed by atoms with Crippen LogP contribution in [0, 0.1) is 0 Å². The summed E-state index contributed by atoms with van der Waals surface area (Å²) < 4.78 is 0. The maximum Gasteiger partial charge on any atom is 0.237 e. The third-order valence-electron chi connectivity index (χ3n) is 6.29. The lowest BCUT2D eigenvalue weighted by molar-refractivity contribution is -0.139. The van der Waals surface area contributed by atoms with Crippen LogP contribution in [0.4, 0.5) is 0 Å². The minimum absolute atomic E-state index is 0.0239. The molecule has 4 rings (SSSR count). The Morgan fingerprint density at radius 2 is 1.69 bits per heavy atom. The van der Waals surface area contributed by atoms with Gasteiger partial charge in [0.15, 0.2) is 0 Å². The fraction of sp³-hybridized carbons (Fsp3) is 0.400. The number of nitrogens with zero attached hydrogens (tertiary/aromatic N) is 3. The number of hydrogen-bond donors (Lipinski definition) is 1. The highest BCUT2D eigenvalue weighted by Crippen LogP contribution is 2.21. The van der Waals surface area contributed by atoms with Crippen LogP contribution in [0.2, 0.25) is 0 Å². The summed E-state index contributed by atoms with van der Waals surface area (Å²) in [7, 11) is 0. The molecule has 2 fully saturated rings. The number of carbonyl (C=O) groups is 3. The molecule has 1 N–H and O–H groups in total. The van der Waals surface area contributed by atoms with E-state index in [1.807, 2.05) is 18.2 Å². The molecule has 1 atom stereocenters. The van der Waals surface area contributed by atoms with Crippen molar-refractivity contribution < 1.29 is 14.4 Å². The minimum atomic E-state index is -0.476. The van der Waals surface area contributed by atoms with Crippen molar-refractivity contribution in [2.24, 2.45) is 0 Å². The van der Waals surface area contributed by atoms with Crippen LogP contribution in [-0.4, -0.2) is 78.2 Å². The van der Waals surface area contributed by atoms with Gasteiger partial charge in [-0.3, -0.25) is 19.3 Å². The molecule has 7 nitrogen and oxygen atoms in total. The van der Waals surface area contributed by atoms with Crippen molar-refractivity contribution in [3.8, 4) is 11.1 Å². The molecule has 32 heavy (non-hydrogen) atoms. The summed E-state index contributed by atoms with van der Waals surface area (Å²) in [6.07, 6.45) is 1.77. The molecule has 2 aliphatic rings. The van der Waals surface area contributed by atoms with E-state index in [0.717, 1.165) is 24.0 Å². The number of nitrogens with one attached hydrogen (secondary N) is 1. The molecule has 0 aromatic heterocycles. The van der Waals surface area contributed by atoms with Crippen LogP contribution in [0.3, 0.4) is 0 Å². The average Bonchev–Trinajstić information content (AvgIpc) is 3.08. The molecule has 2 heterocycles. The van der Waals surface area contributed by atoms with Gasteiger partial charge in [0.25, 0.3) is 0 Å². The minimum Gasteiger partial charge on any atom is -0.353 e. The standard InChI is InChI=1S/C25H30N4O3/c30-19-27-12-4-13-28(16-15-27)24(31)17-23-25(32)26-11-14-29(23)18-20-7-9-22(10-8-20)21-5-2-1-3-6-21/h1-3,5-10,19,23H,4,11-18H2,(H,26,32). The second kappa shape index (κ2) is 10.4. The largest absolute Gasteiger partial charge is 0.353 e. The zero-order chi connectivity index (χ0) is 22.3. The van der Waals surface area contributed by atoms with Gasteiger partial charge in [0.2, 0.25) is 18.2 Å². The molecule has 2 saturated heterocycles. The van der Waals surface area contributed by atoms with E-state index < -0.39 is 6.04 Å². The lowest BCUT2D eigenvalue weighted by Gasteiger charge is -2.35. The summed E-state index contributed by atoms with van der Waals surface area (Å²) in [4.78, 5) is 42.2. The van der Waals surface area contributed by atoms with Gasteiger partial charge in [-0.15, -0.1) is 0 Å². The highest BCUT2D eigenvalue weighted by Gasteiger charge is 2.33. The van der Waals surface area contributed by atoms with Crippen LogP contribution in [0.1, 0.15) is 18.4 Å². The van der Waals surface area contributed by atoms with E-state index in [2.05, 4.69) is 46.6 Å². The average molecular weight is 435 g/mol. The van der Waals surface area contributed by atoms with Gasteiger partial charge in [-0.25, -0.2) is 0 Å². The number of rotatable bonds is 6. The molecule has 7 heteroatoms.